The molecule has 0 spiro atoms. The molecule has 0 saturated carbocycles. The second kappa shape index (κ2) is 5.22. The third kappa shape index (κ3) is 5.81. The fraction of sp³-hybridized carbons (Fsp3) is 1.00. The molecule has 1 heterocycles. The molecule has 102 valence electrons. The minimum absolute atomic E-state index is 0.0118. The van der Waals surface area contributed by atoms with Gasteiger partial charge in [0.15, 0.2) is 0 Å². The van der Waals surface area contributed by atoms with Crippen LogP contribution in [0.4, 0.5) is 0 Å². The molecule has 0 bridgehead atoms. The van der Waals surface area contributed by atoms with Crippen LogP contribution in [0.3, 0.4) is 0 Å². The molecule has 0 aromatic rings. The first-order valence-electron chi connectivity index (χ1n) is 5.89. The van der Waals surface area contributed by atoms with Gasteiger partial charge in [0.2, 0.25) is 10.0 Å². The lowest BCUT2D eigenvalue weighted by Crippen LogP contribution is -2.44. The fourth-order valence-electron chi connectivity index (χ4n) is 1.49. The highest BCUT2D eigenvalue weighted by Gasteiger charge is 2.33. The Morgan fingerprint density at radius 3 is 2.53 bits per heavy atom. The molecule has 17 heavy (non-hydrogen) atoms. The molecule has 0 amide bonds. The largest absolute Gasteiger partial charge is 0.386 e. The van der Waals surface area contributed by atoms with Crippen LogP contribution in [0.15, 0.2) is 0 Å². The van der Waals surface area contributed by atoms with Gasteiger partial charge in [0.05, 0.1) is 12.4 Å². The zero-order valence-corrected chi connectivity index (χ0v) is 11.6. The van der Waals surface area contributed by atoms with Crippen LogP contribution in [0.5, 0.6) is 0 Å². The van der Waals surface area contributed by atoms with E-state index in [2.05, 4.69) is 4.72 Å². The Labute approximate surface area is 104 Å². The highest BCUT2D eigenvalue weighted by atomic mass is 32.2. The van der Waals surface area contributed by atoms with Crippen molar-refractivity contribution in [1.29, 1.82) is 0 Å². The Morgan fingerprint density at radius 1 is 1.41 bits per heavy atom. The van der Waals surface area contributed by atoms with Crippen LogP contribution >= 0.6 is 0 Å². The second-order valence-corrected chi connectivity index (χ2v) is 7.90. The Morgan fingerprint density at radius 2 is 2.06 bits per heavy atom. The van der Waals surface area contributed by atoms with E-state index in [0.29, 0.717) is 19.4 Å². The second-order valence-electron chi connectivity index (χ2n) is 5.98. The van der Waals surface area contributed by atoms with E-state index in [1.54, 1.807) is 0 Å². The maximum Gasteiger partial charge on any atom is 0.211 e. The van der Waals surface area contributed by atoms with Crippen LogP contribution < -0.4 is 4.72 Å². The van der Waals surface area contributed by atoms with E-state index in [1.807, 2.05) is 20.8 Å². The lowest BCUT2D eigenvalue weighted by atomic mass is 9.94. The summed E-state index contributed by atoms with van der Waals surface area (Å²) >= 11 is 0. The maximum absolute atomic E-state index is 11.7. The van der Waals surface area contributed by atoms with Gasteiger partial charge in [-0.2, -0.15) is 0 Å². The number of sulfonamides is 1. The summed E-state index contributed by atoms with van der Waals surface area (Å²) < 4.78 is 30.9. The summed E-state index contributed by atoms with van der Waals surface area (Å²) in [6.45, 7) is 6.73. The molecular formula is C11H23NO4S. The monoisotopic (exact) mass is 265 g/mol. The van der Waals surface area contributed by atoms with Crippen molar-refractivity contribution >= 4 is 10.0 Å². The average molecular weight is 265 g/mol. The first kappa shape index (κ1) is 14.9. The molecule has 1 saturated heterocycles. The number of rotatable bonds is 5. The molecular weight excluding hydrogens is 242 g/mol. The van der Waals surface area contributed by atoms with E-state index in [1.165, 1.54) is 0 Å². The van der Waals surface area contributed by atoms with E-state index in [4.69, 9.17) is 4.74 Å². The van der Waals surface area contributed by atoms with Gasteiger partial charge in [-0.3, -0.25) is 0 Å². The van der Waals surface area contributed by atoms with Crippen LogP contribution in [0, 0.1) is 5.41 Å². The minimum Gasteiger partial charge on any atom is -0.386 e. The number of hydrogen-bond acceptors (Lipinski definition) is 4. The Hall–Kier alpha value is -0.170. The molecule has 0 aromatic carbocycles. The average Bonchev–Trinajstić information content (AvgIpc) is 2.60. The first-order valence-corrected chi connectivity index (χ1v) is 7.55. The molecule has 6 heteroatoms. The molecule has 1 aliphatic rings. The Kier molecular flexibility index (Phi) is 4.57. The molecule has 1 atom stereocenters. The van der Waals surface area contributed by atoms with Crippen molar-refractivity contribution in [3.63, 3.8) is 0 Å². The lowest BCUT2D eigenvalue weighted by molar-refractivity contribution is 0.0314. The van der Waals surface area contributed by atoms with Crippen molar-refractivity contribution in [2.24, 2.45) is 5.41 Å². The number of nitrogens with one attached hydrogen (secondary N) is 1. The fourth-order valence-corrected chi connectivity index (χ4v) is 3.01. The van der Waals surface area contributed by atoms with Crippen molar-refractivity contribution in [2.45, 2.75) is 39.2 Å². The standard InChI is InChI=1S/C11H23NO4S/c1-10(2,3)5-7-17(14,15)12-8-11(13)4-6-16-9-11/h12-13H,4-9H2,1-3H3. The maximum atomic E-state index is 11.7. The Bertz CT molecular complexity index is 339. The number of aliphatic hydroxyl groups is 1. The van der Waals surface area contributed by atoms with Gasteiger partial charge in [-0.15, -0.1) is 0 Å². The van der Waals surface area contributed by atoms with Gasteiger partial charge in [-0.1, -0.05) is 20.8 Å². The molecule has 1 aliphatic heterocycles. The molecule has 1 rings (SSSR count). The summed E-state index contributed by atoms with van der Waals surface area (Å²) in [7, 11) is -3.31. The van der Waals surface area contributed by atoms with Gasteiger partial charge >= 0.3 is 0 Å². The molecule has 1 fully saturated rings. The lowest BCUT2D eigenvalue weighted by Gasteiger charge is -2.22. The van der Waals surface area contributed by atoms with E-state index < -0.39 is 15.6 Å². The highest BCUT2D eigenvalue weighted by molar-refractivity contribution is 7.89. The molecule has 5 nitrogen and oxygen atoms in total. The molecule has 0 aromatic heterocycles. The van der Waals surface area contributed by atoms with E-state index in [9.17, 15) is 13.5 Å². The Balaban J connectivity index is 2.39. The highest BCUT2D eigenvalue weighted by Crippen LogP contribution is 2.20. The van der Waals surface area contributed by atoms with Crippen LogP contribution in [0.25, 0.3) is 0 Å². The number of ether oxygens (including phenoxy) is 1. The van der Waals surface area contributed by atoms with Crippen LogP contribution in [0.2, 0.25) is 0 Å². The van der Waals surface area contributed by atoms with Gasteiger partial charge < -0.3 is 9.84 Å². The van der Waals surface area contributed by atoms with Crippen molar-refractivity contribution in [2.75, 3.05) is 25.5 Å². The number of hydrogen-bond donors (Lipinski definition) is 2. The van der Waals surface area contributed by atoms with Gasteiger partial charge in [0, 0.05) is 19.6 Å². The van der Waals surface area contributed by atoms with Gasteiger partial charge in [0.1, 0.15) is 5.60 Å². The van der Waals surface area contributed by atoms with Gasteiger partial charge in [-0.05, 0) is 11.8 Å². The molecule has 0 aliphatic carbocycles. The van der Waals surface area contributed by atoms with Crippen LogP contribution in [-0.4, -0.2) is 44.6 Å². The summed E-state index contributed by atoms with van der Waals surface area (Å²) in [4.78, 5) is 0. The smallest absolute Gasteiger partial charge is 0.211 e. The summed E-state index contributed by atoms with van der Waals surface area (Å²) in [5, 5.41) is 9.93. The third-order valence-corrected chi connectivity index (χ3v) is 4.15. The van der Waals surface area contributed by atoms with Crippen LogP contribution in [0.1, 0.15) is 33.6 Å². The van der Waals surface area contributed by atoms with E-state index in [0.717, 1.165) is 0 Å². The third-order valence-electron chi connectivity index (χ3n) is 2.82. The normalized spacial score (nSPS) is 26.4. The molecule has 0 radical (unpaired) electrons. The predicted octanol–water partition coefficient (Wildman–Crippen LogP) is 0.493. The van der Waals surface area contributed by atoms with E-state index >= 15 is 0 Å². The zero-order valence-electron chi connectivity index (χ0n) is 10.8. The summed E-state index contributed by atoms with van der Waals surface area (Å²) in [5.41, 5.74) is -1.04. The summed E-state index contributed by atoms with van der Waals surface area (Å²) in [5.74, 6) is 0.0907. The minimum atomic E-state index is -3.31. The summed E-state index contributed by atoms with van der Waals surface area (Å²) in [6, 6.07) is 0. The predicted molar refractivity (Wildman–Crippen MR) is 66.2 cm³/mol. The van der Waals surface area contributed by atoms with Gasteiger partial charge in [-0.25, -0.2) is 13.1 Å². The molecule has 2 N–H and O–H groups in total. The van der Waals surface area contributed by atoms with E-state index in [-0.39, 0.29) is 24.3 Å². The quantitative estimate of drug-likeness (QED) is 0.759. The SMILES string of the molecule is CC(C)(C)CCS(=O)(=O)NCC1(O)CCOC1. The van der Waals surface area contributed by atoms with Crippen molar-refractivity contribution in [1.82, 2.24) is 4.72 Å². The molecule has 1 unspecified atom stereocenters. The van der Waals surface area contributed by atoms with Crippen molar-refractivity contribution < 1.29 is 18.3 Å². The van der Waals surface area contributed by atoms with Crippen LogP contribution in [-0.2, 0) is 14.8 Å². The topological polar surface area (TPSA) is 75.6 Å². The van der Waals surface area contributed by atoms with Gasteiger partial charge in [0.25, 0.3) is 0 Å². The zero-order chi connectivity index (χ0) is 13.2. The summed E-state index contributed by atoms with van der Waals surface area (Å²) in [6.07, 6.45) is 1.08. The first-order chi connectivity index (χ1) is 7.62. The van der Waals surface area contributed by atoms with Crippen molar-refractivity contribution in [3.05, 3.63) is 0 Å². The van der Waals surface area contributed by atoms with Crippen molar-refractivity contribution in [3.8, 4) is 0 Å².